The van der Waals surface area contributed by atoms with E-state index in [9.17, 15) is 9.59 Å². The molecule has 21 heavy (non-hydrogen) atoms. The highest BCUT2D eigenvalue weighted by atomic mass is 16.4. The van der Waals surface area contributed by atoms with E-state index in [1.54, 1.807) is 24.0 Å². The van der Waals surface area contributed by atoms with Crippen LogP contribution in [0.1, 0.15) is 28.8 Å². The van der Waals surface area contributed by atoms with Gasteiger partial charge < -0.3 is 20.4 Å². The summed E-state index contributed by atoms with van der Waals surface area (Å²) in [6.45, 7) is 3.13. The number of nitrogens with one attached hydrogen (secondary N) is 1. The Morgan fingerprint density at radius 2 is 2.00 bits per heavy atom. The number of anilines is 1. The van der Waals surface area contributed by atoms with Gasteiger partial charge in [-0.05, 0) is 49.4 Å². The van der Waals surface area contributed by atoms with Gasteiger partial charge in [0.15, 0.2) is 0 Å². The standard InChI is InChI=1S/C15H20N2O4/c1-10-8-12(2-3-13(10)14(19)20)16-15(21)17-6-4-11(9-18)5-7-17/h2-3,8,11,18H,4-7,9H2,1H3,(H,16,21)(H,19,20). The minimum Gasteiger partial charge on any atom is -0.478 e. The van der Waals surface area contributed by atoms with Gasteiger partial charge in [-0.3, -0.25) is 0 Å². The van der Waals surface area contributed by atoms with Gasteiger partial charge in [0.2, 0.25) is 0 Å². The summed E-state index contributed by atoms with van der Waals surface area (Å²) in [5, 5.41) is 20.8. The van der Waals surface area contributed by atoms with E-state index >= 15 is 0 Å². The summed E-state index contributed by atoms with van der Waals surface area (Å²) in [5.74, 6) is -0.692. The molecule has 0 aliphatic carbocycles. The number of carboxylic acid groups (broad SMARTS) is 1. The van der Waals surface area contributed by atoms with Crippen LogP contribution in [0.15, 0.2) is 18.2 Å². The Balaban J connectivity index is 1.97. The number of aliphatic hydroxyl groups is 1. The number of nitrogens with zero attached hydrogens (tertiary/aromatic N) is 1. The third-order valence-corrected chi connectivity index (χ3v) is 3.87. The molecule has 3 N–H and O–H groups in total. The lowest BCUT2D eigenvalue weighted by Crippen LogP contribution is -2.41. The molecule has 0 aromatic heterocycles. The third kappa shape index (κ3) is 3.72. The summed E-state index contributed by atoms with van der Waals surface area (Å²) >= 11 is 0. The Kier molecular flexibility index (Phi) is 4.80. The number of aromatic carboxylic acids is 1. The van der Waals surface area contributed by atoms with Crippen LogP contribution in [0.3, 0.4) is 0 Å². The SMILES string of the molecule is Cc1cc(NC(=O)N2CCC(CO)CC2)ccc1C(=O)O. The Bertz CT molecular complexity index is 536. The number of urea groups is 1. The van der Waals surface area contributed by atoms with Crippen molar-refractivity contribution in [2.75, 3.05) is 25.0 Å². The number of aliphatic hydroxyl groups excluding tert-OH is 1. The van der Waals surface area contributed by atoms with Crippen LogP contribution in [-0.2, 0) is 0 Å². The first-order valence-electron chi connectivity index (χ1n) is 7.02. The molecule has 114 valence electrons. The Morgan fingerprint density at radius 1 is 1.33 bits per heavy atom. The maximum atomic E-state index is 12.1. The largest absolute Gasteiger partial charge is 0.478 e. The lowest BCUT2D eigenvalue weighted by atomic mass is 9.98. The molecule has 1 aliphatic heterocycles. The van der Waals surface area contributed by atoms with Crippen molar-refractivity contribution in [1.82, 2.24) is 4.90 Å². The van der Waals surface area contributed by atoms with Crippen molar-refractivity contribution in [3.8, 4) is 0 Å². The number of amides is 2. The van der Waals surface area contributed by atoms with Gasteiger partial charge in [-0.15, -0.1) is 0 Å². The second-order valence-corrected chi connectivity index (χ2v) is 5.38. The highest BCUT2D eigenvalue weighted by Gasteiger charge is 2.22. The molecule has 1 heterocycles. The van der Waals surface area contributed by atoms with Crippen molar-refractivity contribution in [2.24, 2.45) is 5.92 Å². The first-order valence-corrected chi connectivity index (χ1v) is 7.02. The number of likely N-dealkylation sites (tertiary alicyclic amines) is 1. The van der Waals surface area contributed by atoms with E-state index < -0.39 is 5.97 Å². The van der Waals surface area contributed by atoms with Crippen molar-refractivity contribution < 1.29 is 19.8 Å². The fourth-order valence-corrected chi connectivity index (χ4v) is 2.50. The fraction of sp³-hybridized carbons (Fsp3) is 0.467. The van der Waals surface area contributed by atoms with Gasteiger partial charge in [0.05, 0.1) is 5.56 Å². The predicted molar refractivity (Wildman–Crippen MR) is 78.5 cm³/mol. The number of aryl methyl sites for hydroxylation is 1. The number of piperidine rings is 1. The molecule has 0 bridgehead atoms. The highest BCUT2D eigenvalue weighted by Crippen LogP contribution is 2.19. The predicted octanol–water partition coefficient (Wildman–Crippen LogP) is 1.93. The Labute approximate surface area is 123 Å². The van der Waals surface area contributed by atoms with Crippen LogP contribution in [-0.4, -0.2) is 46.8 Å². The summed E-state index contributed by atoms with van der Waals surface area (Å²) < 4.78 is 0. The van der Waals surface area contributed by atoms with E-state index in [-0.39, 0.29) is 24.1 Å². The topological polar surface area (TPSA) is 89.9 Å². The van der Waals surface area contributed by atoms with E-state index in [4.69, 9.17) is 10.2 Å². The van der Waals surface area contributed by atoms with Crippen LogP contribution in [0.5, 0.6) is 0 Å². The summed E-state index contributed by atoms with van der Waals surface area (Å²) in [4.78, 5) is 24.8. The van der Waals surface area contributed by atoms with Gasteiger partial charge in [-0.2, -0.15) is 0 Å². The molecule has 2 amide bonds. The maximum absolute atomic E-state index is 12.1. The molecule has 1 fully saturated rings. The number of hydrogen-bond donors (Lipinski definition) is 3. The summed E-state index contributed by atoms with van der Waals surface area (Å²) in [6, 6.07) is 4.55. The Morgan fingerprint density at radius 3 is 2.52 bits per heavy atom. The van der Waals surface area contributed by atoms with Crippen molar-refractivity contribution in [3.63, 3.8) is 0 Å². The number of carbonyl (C=O) groups excluding carboxylic acids is 1. The van der Waals surface area contributed by atoms with Crippen LogP contribution in [0.2, 0.25) is 0 Å². The van der Waals surface area contributed by atoms with E-state index in [1.807, 2.05) is 0 Å². The number of hydrogen-bond acceptors (Lipinski definition) is 3. The van der Waals surface area contributed by atoms with Crippen LogP contribution in [0, 0.1) is 12.8 Å². The molecule has 0 atom stereocenters. The minimum atomic E-state index is -0.976. The van der Waals surface area contributed by atoms with E-state index in [2.05, 4.69) is 5.32 Å². The van der Waals surface area contributed by atoms with Gasteiger partial charge in [-0.1, -0.05) is 0 Å². The second-order valence-electron chi connectivity index (χ2n) is 5.38. The number of carboxylic acids is 1. The van der Waals surface area contributed by atoms with Crippen molar-refractivity contribution in [2.45, 2.75) is 19.8 Å². The molecule has 1 aliphatic rings. The number of carbonyl (C=O) groups is 2. The molecule has 1 aromatic rings. The average Bonchev–Trinajstić information content (AvgIpc) is 2.47. The second kappa shape index (κ2) is 6.58. The fourth-order valence-electron chi connectivity index (χ4n) is 2.50. The molecule has 1 saturated heterocycles. The van der Waals surface area contributed by atoms with Crippen molar-refractivity contribution in [1.29, 1.82) is 0 Å². The molecule has 0 spiro atoms. The van der Waals surface area contributed by atoms with Gasteiger partial charge >= 0.3 is 12.0 Å². The zero-order valence-electron chi connectivity index (χ0n) is 12.0. The normalized spacial score (nSPS) is 15.8. The van der Waals surface area contributed by atoms with Gasteiger partial charge in [0.1, 0.15) is 0 Å². The molecular weight excluding hydrogens is 272 g/mol. The van der Waals surface area contributed by atoms with Gasteiger partial charge in [0, 0.05) is 25.4 Å². The van der Waals surface area contributed by atoms with E-state index in [0.29, 0.717) is 24.3 Å². The number of benzene rings is 1. The van der Waals surface area contributed by atoms with E-state index in [0.717, 1.165) is 12.8 Å². The summed E-state index contributed by atoms with van der Waals surface area (Å²) in [7, 11) is 0. The number of rotatable bonds is 3. The molecule has 0 saturated carbocycles. The lowest BCUT2D eigenvalue weighted by molar-refractivity contribution is 0.0696. The first-order chi connectivity index (χ1) is 10.0. The monoisotopic (exact) mass is 292 g/mol. The smallest absolute Gasteiger partial charge is 0.335 e. The average molecular weight is 292 g/mol. The zero-order valence-corrected chi connectivity index (χ0v) is 12.0. The van der Waals surface area contributed by atoms with Crippen molar-refractivity contribution in [3.05, 3.63) is 29.3 Å². The molecule has 6 nitrogen and oxygen atoms in total. The van der Waals surface area contributed by atoms with Gasteiger partial charge in [0.25, 0.3) is 0 Å². The quantitative estimate of drug-likeness (QED) is 0.794. The lowest BCUT2D eigenvalue weighted by Gasteiger charge is -2.31. The van der Waals surface area contributed by atoms with E-state index in [1.165, 1.54) is 6.07 Å². The van der Waals surface area contributed by atoms with Gasteiger partial charge in [-0.25, -0.2) is 9.59 Å². The summed E-state index contributed by atoms with van der Waals surface area (Å²) in [6.07, 6.45) is 1.61. The summed E-state index contributed by atoms with van der Waals surface area (Å²) in [5.41, 5.74) is 1.43. The molecule has 0 unspecified atom stereocenters. The molecule has 6 heteroatoms. The first kappa shape index (κ1) is 15.3. The van der Waals surface area contributed by atoms with Crippen LogP contribution < -0.4 is 5.32 Å². The minimum absolute atomic E-state index is 0.172. The maximum Gasteiger partial charge on any atom is 0.335 e. The molecule has 2 rings (SSSR count). The van der Waals surface area contributed by atoms with Crippen LogP contribution in [0.4, 0.5) is 10.5 Å². The molecular formula is C15H20N2O4. The zero-order chi connectivity index (χ0) is 15.4. The highest BCUT2D eigenvalue weighted by molar-refractivity contribution is 5.92. The van der Waals surface area contributed by atoms with Crippen molar-refractivity contribution >= 4 is 17.7 Å². The van der Waals surface area contributed by atoms with Crippen LogP contribution >= 0.6 is 0 Å². The Hall–Kier alpha value is -2.08. The third-order valence-electron chi connectivity index (χ3n) is 3.87. The molecule has 0 radical (unpaired) electrons. The van der Waals surface area contributed by atoms with Crippen LogP contribution in [0.25, 0.3) is 0 Å². The molecule has 1 aromatic carbocycles.